The molecule has 4 nitrogen and oxygen atoms in total. The van der Waals surface area contributed by atoms with E-state index >= 15 is 0 Å². The first-order valence-corrected chi connectivity index (χ1v) is 9.94. The van der Waals surface area contributed by atoms with E-state index in [0.29, 0.717) is 13.2 Å². The zero-order valence-corrected chi connectivity index (χ0v) is 16.6. The Morgan fingerprint density at radius 1 is 1.04 bits per heavy atom. The minimum atomic E-state index is -0.736. The number of carbonyl (C=O) groups is 1. The molecular weight excluding hydrogens is 350 g/mol. The molecule has 1 N–H and O–H groups in total. The first-order valence-electron chi connectivity index (χ1n) is 9.94. The van der Waals surface area contributed by atoms with E-state index in [1.807, 2.05) is 12.1 Å². The van der Waals surface area contributed by atoms with Gasteiger partial charge < -0.3 is 14.7 Å². The SMILES string of the molecule is CC(C)(CN1CCC(=C2c3ccccc3COc3ccccc32)CC1)C(=O)O. The lowest BCUT2D eigenvalue weighted by Gasteiger charge is -2.34. The molecule has 28 heavy (non-hydrogen) atoms. The van der Waals surface area contributed by atoms with E-state index in [1.165, 1.54) is 27.8 Å². The molecule has 0 bridgehead atoms. The van der Waals surface area contributed by atoms with Gasteiger partial charge in [0.15, 0.2) is 0 Å². The molecule has 0 amide bonds. The van der Waals surface area contributed by atoms with E-state index in [0.717, 1.165) is 31.7 Å². The van der Waals surface area contributed by atoms with Crippen molar-refractivity contribution >= 4 is 11.5 Å². The van der Waals surface area contributed by atoms with Crippen LogP contribution in [0.5, 0.6) is 5.75 Å². The highest BCUT2D eigenvalue weighted by Gasteiger charge is 2.31. The zero-order chi connectivity index (χ0) is 19.7. The number of piperidine rings is 1. The normalized spacial score (nSPS) is 17.4. The molecule has 2 aliphatic rings. The summed E-state index contributed by atoms with van der Waals surface area (Å²) in [5.41, 5.74) is 5.68. The molecule has 1 saturated heterocycles. The lowest BCUT2D eigenvalue weighted by Crippen LogP contribution is -2.42. The van der Waals surface area contributed by atoms with Crippen LogP contribution in [0.25, 0.3) is 5.57 Å². The Morgan fingerprint density at radius 3 is 2.39 bits per heavy atom. The van der Waals surface area contributed by atoms with Crippen LogP contribution in [0.3, 0.4) is 0 Å². The summed E-state index contributed by atoms with van der Waals surface area (Å²) < 4.78 is 6.10. The molecule has 0 aliphatic carbocycles. The molecule has 2 heterocycles. The van der Waals surface area contributed by atoms with E-state index in [4.69, 9.17) is 4.74 Å². The van der Waals surface area contributed by atoms with Gasteiger partial charge in [-0.05, 0) is 49.5 Å². The fourth-order valence-corrected chi connectivity index (χ4v) is 4.23. The van der Waals surface area contributed by atoms with Crippen LogP contribution in [0.4, 0.5) is 0 Å². The fourth-order valence-electron chi connectivity index (χ4n) is 4.23. The number of fused-ring (bicyclic) bond motifs is 2. The fraction of sp³-hybridized carbons (Fsp3) is 0.375. The highest BCUT2D eigenvalue weighted by Crippen LogP contribution is 2.41. The van der Waals surface area contributed by atoms with Gasteiger partial charge in [-0.3, -0.25) is 4.79 Å². The second kappa shape index (κ2) is 7.44. The molecule has 0 spiro atoms. The average molecular weight is 377 g/mol. The largest absolute Gasteiger partial charge is 0.488 e. The van der Waals surface area contributed by atoms with Crippen molar-refractivity contribution in [3.05, 3.63) is 70.8 Å². The lowest BCUT2D eigenvalue weighted by molar-refractivity contribution is -0.148. The van der Waals surface area contributed by atoms with Gasteiger partial charge in [0, 0.05) is 25.2 Å². The molecule has 4 heteroatoms. The third-order valence-electron chi connectivity index (χ3n) is 5.84. The van der Waals surface area contributed by atoms with E-state index in [1.54, 1.807) is 13.8 Å². The summed E-state index contributed by atoms with van der Waals surface area (Å²) in [5.74, 6) is 0.205. The van der Waals surface area contributed by atoms with Crippen LogP contribution >= 0.6 is 0 Å². The third-order valence-corrected chi connectivity index (χ3v) is 5.84. The Labute approximate surface area is 166 Å². The number of hydrogen-bond acceptors (Lipinski definition) is 3. The van der Waals surface area contributed by atoms with Gasteiger partial charge in [0.25, 0.3) is 0 Å². The maximum atomic E-state index is 11.5. The maximum absolute atomic E-state index is 11.5. The molecule has 0 saturated carbocycles. The van der Waals surface area contributed by atoms with Crippen molar-refractivity contribution in [1.82, 2.24) is 4.90 Å². The van der Waals surface area contributed by atoms with Crippen molar-refractivity contribution in [2.75, 3.05) is 19.6 Å². The minimum Gasteiger partial charge on any atom is -0.488 e. The molecule has 2 aliphatic heterocycles. The summed E-state index contributed by atoms with van der Waals surface area (Å²) in [7, 11) is 0. The summed E-state index contributed by atoms with van der Waals surface area (Å²) in [6.45, 7) is 6.56. The molecular formula is C24H27NO3. The molecule has 1 fully saturated rings. The Kier molecular flexibility index (Phi) is 4.98. The van der Waals surface area contributed by atoms with Gasteiger partial charge >= 0.3 is 5.97 Å². The summed E-state index contributed by atoms with van der Waals surface area (Å²) in [5, 5.41) is 9.43. The quantitative estimate of drug-likeness (QED) is 0.850. The summed E-state index contributed by atoms with van der Waals surface area (Å²) in [4.78, 5) is 13.8. The molecule has 0 atom stereocenters. The highest BCUT2D eigenvalue weighted by atomic mass is 16.5. The topological polar surface area (TPSA) is 49.8 Å². The Morgan fingerprint density at radius 2 is 1.68 bits per heavy atom. The van der Waals surface area contributed by atoms with Crippen LogP contribution in [-0.4, -0.2) is 35.6 Å². The number of nitrogens with zero attached hydrogens (tertiary/aromatic N) is 1. The average Bonchev–Trinajstić information content (AvgIpc) is 2.85. The molecule has 0 radical (unpaired) electrons. The molecule has 2 aromatic rings. The number of hydrogen-bond donors (Lipinski definition) is 1. The smallest absolute Gasteiger partial charge is 0.310 e. The van der Waals surface area contributed by atoms with Crippen LogP contribution in [0.15, 0.2) is 54.1 Å². The summed E-state index contributed by atoms with van der Waals surface area (Å²) in [6, 6.07) is 16.8. The first kappa shape index (κ1) is 18.8. The maximum Gasteiger partial charge on any atom is 0.310 e. The number of ether oxygens (including phenoxy) is 1. The predicted molar refractivity (Wildman–Crippen MR) is 110 cm³/mol. The van der Waals surface area contributed by atoms with E-state index in [-0.39, 0.29) is 0 Å². The lowest BCUT2D eigenvalue weighted by atomic mass is 9.85. The van der Waals surface area contributed by atoms with Gasteiger partial charge in [-0.2, -0.15) is 0 Å². The number of likely N-dealkylation sites (tertiary alicyclic amines) is 1. The molecule has 146 valence electrons. The van der Waals surface area contributed by atoms with Crippen LogP contribution < -0.4 is 4.74 Å². The Bertz CT molecular complexity index is 869. The van der Waals surface area contributed by atoms with E-state index in [9.17, 15) is 9.90 Å². The van der Waals surface area contributed by atoms with Crippen molar-refractivity contribution in [3.8, 4) is 5.75 Å². The van der Waals surface area contributed by atoms with E-state index in [2.05, 4.69) is 41.3 Å². The van der Waals surface area contributed by atoms with Gasteiger partial charge in [-0.25, -0.2) is 0 Å². The first-order chi connectivity index (χ1) is 13.5. The van der Waals surface area contributed by atoms with Gasteiger partial charge in [0.05, 0.1) is 5.41 Å². The second-order valence-corrected chi connectivity index (χ2v) is 8.39. The van der Waals surface area contributed by atoms with Crippen LogP contribution in [0, 0.1) is 5.41 Å². The van der Waals surface area contributed by atoms with Gasteiger partial charge in [0.1, 0.15) is 12.4 Å². The highest BCUT2D eigenvalue weighted by molar-refractivity contribution is 5.87. The molecule has 0 unspecified atom stereocenters. The van der Waals surface area contributed by atoms with Crippen molar-refractivity contribution in [2.45, 2.75) is 33.3 Å². The number of para-hydroxylation sites is 1. The second-order valence-electron chi connectivity index (χ2n) is 8.39. The van der Waals surface area contributed by atoms with Gasteiger partial charge in [0.2, 0.25) is 0 Å². The monoisotopic (exact) mass is 377 g/mol. The zero-order valence-electron chi connectivity index (χ0n) is 16.6. The number of carboxylic acid groups (broad SMARTS) is 1. The Hall–Kier alpha value is -2.59. The number of rotatable bonds is 3. The predicted octanol–water partition coefficient (Wildman–Crippen LogP) is 4.59. The standard InChI is InChI=1S/C24H27NO3/c1-24(2,23(26)27)16-25-13-11-17(12-14-25)22-19-8-4-3-7-18(19)15-28-21-10-6-5-9-20(21)22/h3-10H,11-16H2,1-2H3,(H,26,27). The van der Waals surface area contributed by atoms with Crippen molar-refractivity contribution in [1.29, 1.82) is 0 Å². The van der Waals surface area contributed by atoms with E-state index < -0.39 is 11.4 Å². The van der Waals surface area contributed by atoms with Gasteiger partial charge in [-0.15, -0.1) is 0 Å². The van der Waals surface area contributed by atoms with Crippen LogP contribution in [0.1, 0.15) is 43.4 Å². The van der Waals surface area contributed by atoms with Crippen LogP contribution in [0.2, 0.25) is 0 Å². The molecule has 4 rings (SSSR count). The minimum absolute atomic E-state index is 0.585. The van der Waals surface area contributed by atoms with Crippen molar-refractivity contribution < 1.29 is 14.6 Å². The number of aliphatic carboxylic acids is 1. The number of benzene rings is 2. The third kappa shape index (κ3) is 3.57. The molecule has 0 aromatic heterocycles. The van der Waals surface area contributed by atoms with Gasteiger partial charge in [-0.1, -0.05) is 48.0 Å². The van der Waals surface area contributed by atoms with Crippen molar-refractivity contribution in [3.63, 3.8) is 0 Å². The Balaban J connectivity index is 1.67. The number of carboxylic acids is 1. The van der Waals surface area contributed by atoms with Crippen molar-refractivity contribution in [2.24, 2.45) is 5.41 Å². The van der Waals surface area contributed by atoms with Crippen LogP contribution in [-0.2, 0) is 11.4 Å². The summed E-state index contributed by atoms with van der Waals surface area (Å²) >= 11 is 0. The molecule has 2 aromatic carbocycles. The summed E-state index contributed by atoms with van der Waals surface area (Å²) in [6.07, 6.45) is 1.90.